The maximum absolute atomic E-state index is 13.3. The third-order valence-corrected chi connectivity index (χ3v) is 7.52. The van der Waals surface area contributed by atoms with E-state index in [1.807, 2.05) is 12.1 Å². The average molecular weight is 543 g/mol. The topological polar surface area (TPSA) is 136 Å². The fraction of sp³-hybridized carbons (Fsp3) is 0.464. The number of aromatic hydroxyl groups is 1. The molecule has 39 heavy (non-hydrogen) atoms. The van der Waals surface area contributed by atoms with Crippen molar-refractivity contribution in [3.8, 4) is 28.7 Å². The molecule has 0 saturated carbocycles. The number of methoxy groups -OCH3 is 2. The molecule has 1 fully saturated rings. The van der Waals surface area contributed by atoms with Gasteiger partial charge < -0.3 is 38.3 Å². The van der Waals surface area contributed by atoms with Gasteiger partial charge in [-0.05, 0) is 53.3 Å². The molecular weight excluding hydrogens is 512 g/mol. The highest BCUT2D eigenvalue weighted by atomic mass is 16.7. The van der Waals surface area contributed by atoms with Gasteiger partial charge in [0.1, 0.15) is 12.7 Å². The van der Waals surface area contributed by atoms with Gasteiger partial charge in [0.15, 0.2) is 23.0 Å². The zero-order valence-electron chi connectivity index (χ0n) is 22.1. The van der Waals surface area contributed by atoms with Crippen LogP contribution in [0.1, 0.15) is 48.8 Å². The van der Waals surface area contributed by atoms with E-state index in [0.29, 0.717) is 17.1 Å². The second kappa shape index (κ2) is 10.5. The highest BCUT2D eigenvalue weighted by Crippen LogP contribution is 2.57. The molecule has 0 radical (unpaired) electrons. The summed E-state index contributed by atoms with van der Waals surface area (Å²) in [5.41, 5.74) is 2.35. The zero-order valence-corrected chi connectivity index (χ0v) is 22.1. The number of carbonyl (C=O) groups is 3. The van der Waals surface area contributed by atoms with Gasteiger partial charge in [-0.15, -0.1) is 0 Å². The quantitative estimate of drug-likeness (QED) is 0.389. The van der Waals surface area contributed by atoms with Gasteiger partial charge in [-0.25, -0.2) is 0 Å². The fourth-order valence-electron chi connectivity index (χ4n) is 5.95. The number of phenols is 1. The number of esters is 3. The number of phenolic OH excluding ortho intramolecular Hbond substituents is 1. The van der Waals surface area contributed by atoms with Crippen LogP contribution in [-0.2, 0) is 28.6 Å². The van der Waals surface area contributed by atoms with Crippen molar-refractivity contribution < 1.29 is 52.6 Å². The zero-order chi connectivity index (χ0) is 27.8. The minimum absolute atomic E-state index is 0.0613. The van der Waals surface area contributed by atoms with Gasteiger partial charge >= 0.3 is 17.9 Å². The van der Waals surface area contributed by atoms with Crippen LogP contribution in [0.15, 0.2) is 24.3 Å². The van der Waals surface area contributed by atoms with Crippen LogP contribution in [-0.4, -0.2) is 63.3 Å². The van der Waals surface area contributed by atoms with Gasteiger partial charge in [0.2, 0.25) is 12.5 Å². The molecule has 2 unspecified atom stereocenters. The molecule has 2 aliphatic heterocycles. The molecule has 1 saturated heterocycles. The van der Waals surface area contributed by atoms with Crippen LogP contribution in [0.5, 0.6) is 28.7 Å². The van der Waals surface area contributed by atoms with E-state index in [2.05, 4.69) is 0 Å². The molecule has 208 valence electrons. The molecule has 2 heterocycles. The highest BCUT2D eigenvalue weighted by Gasteiger charge is 2.53. The van der Waals surface area contributed by atoms with E-state index in [1.54, 1.807) is 12.1 Å². The number of hydrogen-bond donors (Lipinski definition) is 1. The third kappa shape index (κ3) is 4.88. The summed E-state index contributed by atoms with van der Waals surface area (Å²) in [5, 5.41) is 10.5. The number of rotatable bonds is 8. The van der Waals surface area contributed by atoms with E-state index in [9.17, 15) is 19.5 Å². The Labute approximate surface area is 224 Å². The first kappa shape index (κ1) is 26.5. The molecule has 1 aliphatic carbocycles. The molecule has 2 aromatic rings. The van der Waals surface area contributed by atoms with Crippen molar-refractivity contribution in [3.63, 3.8) is 0 Å². The molecule has 11 nitrogen and oxygen atoms in total. The number of carbonyl (C=O) groups excluding carboxylic acids is 3. The van der Waals surface area contributed by atoms with Crippen LogP contribution in [0.3, 0.4) is 0 Å². The van der Waals surface area contributed by atoms with Crippen molar-refractivity contribution in [1.82, 2.24) is 0 Å². The molecular formula is C28H30O11. The van der Waals surface area contributed by atoms with Crippen molar-refractivity contribution in [2.45, 2.75) is 38.2 Å². The van der Waals surface area contributed by atoms with Crippen LogP contribution < -0.4 is 18.9 Å². The Bertz CT molecular complexity index is 1280. The first-order valence-electron chi connectivity index (χ1n) is 12.6. The second-order valence-electron chi connectivity index (χ2n) is 9.78. The monoisotopic (exact) mass is 542 g/mol. The molecule has 0 aromatic heterocycles. The minimum Gasteiger partial charge on any atom is -0.502 e. The van der Waals surface area contributed by atoms with E-state index in [-0.39, 0.29) is 61.5 Å². The lowest BCUT2D eigenvalue weighted by Gasteiger charge is -2.40. The molecule has 5 rings (SSSR count). The van der Waals surface area contributed by atoms with Gasteiger partial charge in [0.25, 0.3) is 0 Å². The molecule has 11 heteroatoms. The standard InChI is InChI=1S/C28H30O11/c1-13(29)35-10-16(39-14(2)30)7-17-18-8-21-22(38-12-37-21)9-19(18)25(26-20(17)11-36-28(26)32)15-5-23(33-3)27(31)24(6-15)34-4/h5-6,8-9,16-17,20,25-26,31H,7,10-12H2,1-4H3/t16?,17-,20?,25-,26+/m1/s1. The molecule has 0 spiro atoms. The van der Waals surface area contributed by atoms with E-state index < -0.39 is 29.9 Å². The normalized spacial score (nSPS) is 23.2. The SMILES string of the molecule is COc1cc([C@@H]2c3cc4c(cc3[C@@H](CC(COC(C)=O)OC(C)=O)C3COC(=O)[C@@H]32)OCO4)cc(OC)c1O. The highest BCUT2D eigenvalue weighted by molar-refractivity contribution is 5.79. The summed E-state index contributed by atoms with van der Waals surface area (Å²) in [6.07, 6.45) is -0.455. The van der Waals surface area contributed by atoms with Gasteiger partial charge in [0.05, 0.1) is 26.7 Å². The fourth-order valence-corrected chi connectivity index (χ4v) is 5.95. The minimum atomic E-state index is -0.739. The number of benzene rings is 2. The molecule has 0 bridgehead atoms. The van der Waals surface area contributed by atoms with Gasteiger partial charge in [-0.2, -0.15) is 0 Å². The maximum atomic E-state index is 13.3. The smallest absolute Gasteiger partial charge is 0.310 e. The van der Waals surface area contributed by atoms with E-state index >= 15 is 0 Å². The number of ether oxygens (including phenoxy) is 7. The van der Waals surface area contributed by atoms with Crippen molar-refractivity contribution in [2.75, 3.05) is 34.2 Å². The Morgan fingerprint density at radius 2 is 1.62 bits per heavy atom. The van der Waals surface area contributed by atoms with Gasteiger partial charge in [-0.1, -0.05) is 0 Å². The summed E-state index contributed by atoms with van der Waals surface area (Å²) in [4.78, 5) is 36.7. The molecule has 1 N–H and O–H groups in total. The Hall–Kier alpha value is -4.15. The van der Waals surface area contributed by atoms with Crippen molar-refractivity contribution in [1.29, 1.82) is 0 Å². The first-order chi connectivity index (χ1) is 18.7. The predicted octanol–water partition coefficient (Wildman–Crippen LogP) is 3.04. The lowest BCUT2D eigenvalue weighted by molar-refractivity contribution is -0.157. The number of hydrogen-bond acceptors (Lipinski definition) is 11. The van der Waals surface area contributed by atoms with E-state index in [0.717, 1.165) is 11.1 Å². The first-order valence-corrected chi connectivity index (χ1v) is 12.6. The van der Waals surface area contributed by atoms with Crippen molar-refractivity contribution >= 4 is 17.9 Å². The summed E-state index contributed by atoms with van der Waals surface area (Å²) < 4.78 is 38.4. The Morgan fingerprint density at radius 3 is 2.21 bits per heavy atom. The Balaban J connectivity index is 1.65. The molecule has 5 atom stereocenters. The number of cyclic esters (lactones) is 1. The van der Waals surface area contributed by atoms with E-state index in [4.69, 9.17) is 33.2 Å². The van der Waals surface area contributed by atoms with Crippen molar-refractivity contribution in [2.24, 2.45) is 11.8 Å². The Morgan fingerprint density at radius 1 is 0.974 bits per heavy atom. The van der Waals surface area contributed by atoms with Crippen LogP contribution >= 0.6 is 0 Å². The van der Waals surface area contributed by atoms with Crippen LogP contribution in [0, 0.1) is 11.8 Å². The third-order valence-electron chi connectivity index (χ3n) is 7.52. The lowest BCUT2D eigenvalue weighted by Crippen LogP contribution is -2.37. The molecule has 0 amide bonds. The average Bonchev–Trinajstić information content (AvgIpc) is 3.52. The van der Waals surface area contributed by atoms with E-state index in [1.165, 1.54) is 28.1 Å². The summed E-state index contributed by atoms with van der Waals surface area (Å²) >= 11 is 0. The lowest BCUT2D eigenvalue weighted by atomic mass is 9.61. The van der Waals surface area contributed by atoms with Gasteiger partial charge in [0, 0.05) is 25.7 Å². The van der Waals surface area contributed by atoms with Crippen LogP contribution in [0.2, 0.25) is 0 Å². The molecule has 2 aromatic carbocycles. The summed E-state index contributed by atoms with van der Waals surface area (Å²) in [7, 11) is 2.87. The maximum Gasteiger partial charge on any atom is 0.310 e. The summed E-state index contributed by atoms with van der Waals surface area (Å²) in [5.74, 6) is -1.71. The predicted molar refractivity (Wildman–Crippen MR) is 133 cm³/mol. The largest absolute Gasteiger partial charge is 0.502 e. The van der Waals surface area contributed by atoms with Gasteiger partial charge in [-0.3, -0.25) is 14.4 Å². The van der Waals surface area contributed by atoms with Crippen LogP contribution in [0.25, 0.3) is 0 Å². The van der Waals surface area contributed by atoms with Crippen molar-refractivity contribution in [3.05, 3.63) is 41.0 Å². The summed E-state index contributed by atoms with van der Waals surface area (Å²) in [6.45, 7) is 2.68. The second-order valence-corrected chi connectivity index (χ2v) is 9.78. The number of fused-ring (bicyclic) bond motifs is 3. The summed E-state index contributed by atoms with van der Waals surface area (Å²) in [6, 6.07) is 7.11. The van der Waals surface area contributed by atoms with Crippen LogP contribution in [0.4, 0.5) is 0 Å². The molecule has 3 aliphatic rings. The Kier molecular flexibility index (Phi) is 7.16.